The Bertz CT molecular complexity index is 290. The van der Waals surface area contributed by atoms with Crippen LogP contribution in [0.25, 0.3) is 0 Å². The number of hydrogen-bond donors (Lipinski definition) is 3. The maximum Gasteiger partial charge on any atom is 0.321 e. The number of urea groups is 1. The van der Waals surface area contributed by atoms with Gasteiger partial charge in [-0.25, -0.2) is 4.79 Å². The van der Waals surface area contributed by atoms with Gasteiger partial charge in [-0.3, -0.25) is 15.0 Å². The van der Waals surface area contributed by atoms with Crippen LogP contribution in [-0.2, 0) is 4.79 Å². The van der Waals surface area contributed by atoms with Gasteiger partial charge in [-0.05, 0) is 44.8 Å². The fourth-order valence-electron chi connectivity index (χ4n) is 2.43. The van der Waals surface area contributed by atoms with Gasteiger partial charge in [0.05, 0.1) is 6.54 Å². The van der Waals surface area contributed by atoms with Gasteiger partial charge in [-0.15, -0.1) is 0 Å². The van der Waals surface area contributed by atoms with Crippen LogP contribution in [0.2, 0.25) is 0 Å². The Labute approximate surface area is 115 Å². The van der Waals surface area contributed by atoms with E-state index in [2.05, 4.69) is 27.8 Å². The number of imide groups is 1. The number of piperidine rings is 1. The predicted octanol–water partition coefficient (Wildman–Crippen LogP) is 0.154. The maximum atomic E-state index is 11.7. The Morgan fingerprint density at radius 3 is 2.79 bits per heavy atom. The molecule has 0 aliphatic carbocycles. The van der Waals surface area contributed by atoms with E-state index in [4.69, 9.17) is 0 Å². The highest BCUT2D eigenvalue weighted by molar-refractivity contribution is 5.95. The molecule has 110 valence electrons. The molecule has 3 amide bonds. The summed E-state index contributed by atoms with van der Waals surface area (Å²) >= 11 is 0. The molecular formula is C13H26N4O2. The molecule has 0 aromatic heterocycles. The largest absolute Gasteiger partial charge is 0.341 e. The van der Waals surface area contributed by atoms with Crippen molar-refractivity contribution in [2.75, 3.05) is 39.8 Å². The maximum absolute atomic E-state index is 11.7. The SMILES string of the molecule is CCCN(CC(=O)NC(=O)NC)CC1CCCNC1. The lowest BCUT2D eigenvalue weighted by Crippen LogP contribution is -2.46. The van der Waals surface area contributed by atoms with Gasteiger partial charge in [0.15, 0.2) is 0 Å². The van der Waals surface area contributed by atoms with Crippen molar-refractivity contribution in [1.29, 1.82) is 0 Å². The van der Waals surface area contributed by atoms with Crippen LogP contribution in [-0.4, -0.2) is 56.6 Å². The van der Waals surface area contributed by atoms with E-state index in [9.17, 15) is 9.59 Å². The summed E-state index contributed by atoms with van der Waals surface area (Å²) in [6, 6.07) is -0.444. The van der Waals surface area contributed by atoms with Crippen molar-refractivity contribution in [3.63, 3.8) is 0 Å². The van der Waals surface area contributed by atoms with Crippen LogP contribution in [0, 0.1) is 5.92 Å². The number of hydrogen-bond acceptors (Lipinski definition) is 4. The smallest absolute Gasteiger partial charge is 0.321 e. The normalized spacial score (nSPS) is 19.2. The van der Waals surface area contributed by atoms with Crippen molar-refractivity contribution in [3.05, 3.63) is 0 Å². The Kier molecular flexibility index (Phi) is 7.43. The predicted molar refractivity (Wildman–Crippen MR) is 74.9 cm³/mol. The molecule has 6 nitrogen and oxygen atoms in total. The van der Waals surface area contributed by atoms with Crippen LogP contribution < -0.4 is 16.0 Å². The first-order valence-corrected chi connectivity index (χ1v) is 7.10. The number of amides is 3. The van der Waals surface area contributed by atoms with E-state index in [1.807, 2.05) is 0 Å². The van der Waals surface area contributed by atoms with Gasteiger partial charge >= 0.3 is 6.03 Å². The van der Waals surface area contributed by atoms with Crippen LogP contribution in [0.15, 0.2) is 0 Å². The zero-order valence-corrected chi connectivity index (χ0v) is 12.0. The van der Waals surface area contributed by atoms with Gasteiger partial charge in [0.1, 0.15) is 0 Å². The second-order valence-corrected chi connectivity index (χ2v) is 5.07. The minimum Gasteiger partial charge on any atom is -0.341 e. The van der Waals surface area contributed by atoms with Crippen molar-refractivity contribution in [3.8, 4) is 0 Å². The average Bonchev–Trinajstić information content (AvgIpc) is 2.39. The first-order chi connectivity index (χ1) is 9.15. The number of carbonyl (C=O) groups excluding carboxylic acids is 2. The molecule has 1 atom stereocenters. The Morgan fingerprint density at radius 2 is 2.21 bits per heavy atom. The van der Waals surface area contributed by atoms with Gasteiger partial charge in [0, 0.05) is 13.6 Å². The summed E-state index contributed by atoms with van der Waals surface area (Å²) in [5.41, 5.74) is 0. The molecule has 0 bridgehead atoms. The fraction of sp³-hybridized carbons (Fsp3) is 0.846. The number of nitrogens with one attached hydrogen (secondary N) is 3. The quantitative estimate of drug-likeness (QED) is 0.642. The lowest BCUT2D eigenvalue weighted by Gasteiger charge is -2.29. The van der Waals surface area contributed by atoms with Crippen molar-refractivity contribution >= 4 is 11.9 Å². The van der Waals surface area contributed by atoms with Crippen LogP contribution in [0.4, 0.5) is 4.79 Å². The highest BCUT2D eigenvalue weighted by Crippen LogP contribution is 2.11. The molecule has 0 spiro atoms. The standard InChI is InChI=1S/C13H26N4O2/c1-3-7-17(9-11-5-4-6-15-8-11)10-12(18)16-13(19)14-2/h11,15H,3-10H2,1-2H3,(H2,14,16,18,19). The zero-order valence-electron chi connectivity index (χ0n) is 12.0. The Balaban J connectivity index is 2.37. The van der Waals surface area contributed by atoms with E-state index in [0.29, 0.717) is 5.92 Å². The molecule has 0 radical (unpaired) electrons. The van der Waals surface area contributed by atoms with E-state index in [1.54, 1.807) is 0 Å². The van der Waals surface area contributed by atoms with Gasteiger partial charge in [0.2, 0.25) is 5.91 Å². The monoisotopic (exact) mass is 270 g/mol. The highest BCUT2D eigenvalue weighted by atomic mass is 16.2. The van der Waals surface area contributed by atoms with E-state index in [1.165, 1.54) is 19.9 Å². The second-order valence-electron chi connectivity index (χ2n) is 5.07. The van der Waals surface area contributed by atoms with Crippen LogP contribution in [0.1, 0.15) is 26.2 Å². The molecule has 19 heavy (non-hydrogen) atoms. The zero-order chi connectivity index (χ0) is 14.1. The fourth-order valence-corrected chi connectivity index (χ4v) is 2.43. The molecule has 1 aliphatic heterocycles. The molecule has 1 unspecified atom stereocenters. The lowest BCUT2D eigenvalue weighted by molar-refractivity contribution is -0.121. The molecular weight excluding hydrogens is 244 g/mol. The van der Waals surface area contributed by atoms with Crippen LogP contribution >= 0.6 is 0 Å². The third-order valence-electron chi connectivity index (χ3n) is 3.30. The molecule has 1 aliphatic rings. The van der Waals surface area contributed by atoms with Gasteiger partial charge in [0.25, 0.3) is 0 Å². The minimum atomic E-state index is -0.444. The third-order valence-corrected chi connectivity index (χ3v) is 3.30. The third kappa shape index (κ3) is 6.54. The Morgan fingerprint density at radius 1 is 1.42 bits per heavy atom. The molecule has 0 saturated carbocycles. The first-order valence-electron chi connectivity index (χ1n) is 7.10. The van der Waals surface area contributed by atoms with Crippen molar-refractivity contribution in [2.24, 2.45) is 5.92 Å². The van der Waals surface area contributed by atoms with E-state index in [-0.39, 0.29) is 12.5 Å². The van der Waals surface area contributed by atoms with Crippen molar-refractivity contribution in [2.45, 2.75) is 26.2 Å². The summed E-state index contributed by atoms with van der Waals surface area (Å²) in [4.78, 5) is 24.9. The van der Waals surface area contributed by atoms with Gasteiger partial charge in [-0.1, -0.05) is 6.92 Å². The average molecular weight is 270 g/mol. The number of rotatable bonds is 6. The van der Waals surface area contributed by atoms with E-state index >= 15 is 0 Å². The molecule has 1 fully saturated rings. The van der Waals surface area contributed by atoms with Crippen molar-refractivity contribution < 1.29 is 9.59 Å². The van der Waals surface area contributed by atoms with E-state index in [0.717, 1.165) is 32.6 Å². The molecule has 1 saturated heterocycles. The Hall–Kier alpha value is -1.14. The topological polar surface area (TPSA) is 73.5 Å². The molecule has 3 N–H and O–H groups in total. The summed E-state index contributed by atoms with van der Waals surface area (Å²) in [5.74, 6) is 0.365. The summed E-state index contributed by atoms with van der Waals surface area (Å²) in [5, 5.41) is 8.08. The first kappa shape index (κ1) is 15.9. The van der Waals surface area contributed by atoms with Gasteiger partial charge < -0.3 is 10.6 Å². The van der Waals surface area contributed by atoms with Gasteiger partial charge in [-0.2, -0.15) is 0 Å². The van der Waals surface area contributed by atoms with Crippen LogP contribution in [0.3, 0.4) is 0 Å². The molecule has 1 heterocycles. The second kappa shape index (κ2) is 8.87. The molecule has 0 aromatic rings. The lowest BCUT2D eigenvalue weighted by atomic mass is 9.99. The molecule has 0 aromatic carbocycles. The minimum absolute atomic E-state index is 0.239. The van der Waals surface area contributed by atoms with E-state index < -0.39 is 6.03 Å². The summed E-state index contributed by atoms with van der Waals surface area (Å²) in [6.07, 6.45) is 3.42. The summed E-state index contributed by atoms with van der Waals surface area (Å²) in [6.45, 7) is 6.32. The summed E-state index contributed by atoms with van der Waals surface area (Å²) in [7, 11) is 1.50. The number of carbonyl (C=O) groups is 2. The highest BCUT2D eigenvalue weighted by Gasteiger charge is 2.18. The number of nitrogens with zero attached hydrogens (tertiary/aromatic N) is 1. The van der Waals surface area contributed by atoms with Crippen molar-refractivity contribution in [1.82, 2.24) is 20.9 Å². The van der Waals surface area contributed by atoms with Crippen LogP contribution in [0.5, 0.6) is 0 Å². The summed E-state index contributed by atoms with van der Waals surface area (Å²) < 4.78 is 0. The molecule has 1 rings (SSSR count). The molecule has 6 heteroatoms.